The summed E-state index contributed by atoms with van der Waals surface area (Å²) in [6.07, 6.45) is 2.05. The summed E-state index contributed by atoms with van der Waals surface area (Å²) in [5.41, 5.74) is 3.39. The van der Waals surface area contributed by atoms with Crippen molar-refractivity contribution in [1.29, 1.82) is 5.26 Å². The van der Waals surface area contributed by atoms with Gasteiger partial charge in [0.15, 0.2) is 6.10 Å². The number of para-hydroxylation sites is 1. The van der Waals surface area contributed by atoms with Crippen LogP contribution in [-0.2, 0) is 17.6 Å². The van der Waals surface area contributed by atoms with Crippen molar-refractivity contribution in [2.24, 2.45) is 5.92 Å². The first-order chi connectivity index (χ1) is 10.6. The Balaban J connectivity index is 2.19. The lowest BCUT2D eigenvalue weighted by Crippen LogP contribution is -2.21. The van der Waals surface area contributed by atoms with Crippen LogP contribution in [0.1, 0.15) is 41.9 Å². The summed E-state index contributed by atoms with van der Waals surface area (Å²) in [7, 11) is 0. The number of esters is 1. The highest BCUT2D eigenvalue weighted by molar-refractivity contribution is 6.05. The van der Waals surface area contributed by atoms with E-state index in [2.05, 4.69) is 6.92 Å². The van der Waals surface area contributed by atoms with Gasteiger partial charge in [0.25, 0.3) is 0 Å². The number of fused-ring (bicyclic) bond motifs is 2. The number of nitrogens with zero attached hydrogens (tertiary/aromatic N) is 2. The summed E-state index contributed by atoms with van der Waals surface area (Å²) < 4.78 is 5.27. The molecule has 1 heterocycles. The highest BCUT2D eigenvalue weighted by atomic mass is 16.5. The van der Waals surface area contributed by atoms with E-state index in [1.807, 2.05) is 30.3 Å². The van der Waals surface area contributed by atoms with Crippen molar-refractivity contribution in [2.75, 3.05) is 0 Å². The van der Waals surface area contributed by atoms with Crippen LogP contribution in [0.4, 0.5) is 0 Å². The van der Waals surface area contributed by atoms with Gasteiger partial charge in [0.2, 0.25) is 0 Å². The molecule has 0 spiro atoms. The first kappa shape index (κ1) is 14.5. The number of aryl methyl sites for hydroxylation is 1. The van der Waals surface area contributed by atoms with Crippen LogP contribution in [0.5, 0.6) is 0 Å². The molecule has 3 rings (SSSR count). The Hall–Kier alpha value is -2.41. The van der Waals surface area contributed by atoms with E-state index in [0.717, 1.165) is 41.4 Å². The fourth-order valence-electron chi connectivity index (χ4n) is 3.04. The molecule has 112 valence electrons. The van der Waals surface area contributed by atoms with E-state index in [-0.39, 0.29) is 0 Å². The molecule has 2 atom stereocenters. The van der Waals surface area contributed by atoms with Crippen LogP contribution in [0.25, 0.3) is 10.9 Å². The molecular formula is C18H18N2O2. The number of carbonyl (C=O) groups excluding carboxylic acids is 1. The third kappa shape index (κ3) is 2.55. The summed E-state index contributed by atoms with van der Waals surface area (Å²) >= 11 is 0. The minimum absolute atomic E-state index is 0.419. The van der Waals surface area contributed by atoms with E-state index in [9.17, 15) is 4.79 Å². The number of pyridine rings is 1. The van der Waals surface area contributed by atoms with E-state index in [4.69, 9.17) is 15.0 Å². The molecule has 0 unspecified atom stereocenters. The molecule has 1 aliphatic carbocycles. The van der Waals surface area contributed by atoms with Gasteiger partial charge in [-0.3, -0.25) is 4.98 Å². The Kier molecular flexibility index (Phi) is 3.81. The van der Waals surface area contributed by atoms with Crippen LogP contribution >= 0.6 is 0 Å². The smallest absolute Gasteiger partial charge is 0.340 e. The topological polar surface area (TPSA) is 63.0 Å². The fraction of sp³-hybridized carbons (Fsp3) is 0.389. The predicted molar refractivity (Wildman–Crippen MR) is 83.4 cm³/mol. The number of hydrogen-bond donors (Lipinski definition) is 0. The summed E-state index contributed by atoms with van der Waals surface area (Å²) in [6.45, 7) is 3.77. The summed E-state index contributed by atoms with van der Waals surface area (Å²) in [4.78, 5) is 17.3. The molecule has 0 radical (unpaired) electrons. The maximum absolute atomic E-state index is 12.6. The number of nitriles is 1. The Morgan fingerprint density at radius 1 is 1.45 bits per heavy atom. The number of hydrogen-bond acceptors (Lipinski definition) is 4. The van der Waals surface area contributed by atoms with Gasteiger partial charge >= 0.3 is 5.97 Å². The molecule has 4 heteroatoms. The minimum Gasteiger partial charge on any atom is -0.444 e. The molecule has 2 aromatic rings. The second-order valence-electron chi connectivity index (χ2n) is 5.95. The zero-order valence-electron chi connectivity index (χ0n) is 12.8. The van der Waals surface area contributed by atoms with Crippen LogP contribution in [0.3, 0.4) is 0 Å². The number of aromatic nitrogens is 1. The highest BCUT2D eigenvalue weighted by Gasteiger charge is 2.26. The van der Waals surface area contributed by atoms with Crippen LogP contribution in [0.15, 0.2) is 24.3 Å². The number of benzene rings is 1. The highest BCUT2D eigenvalue weighted by Crippen LogP contribution is 2.32. The monoisotopic (exact) mass is 294 g/mol. The first-order valence-electron chi connectivity index (χ1n) is 7.61. The zero-order valence-corrected chi connectivity index (χ0v) is 12.8. The zero-order chi connectivity index (χ0) is 15.7. The molecule has 0 saturated carbocycles. The molecular weight excluding hydrogens is 276 g/mol. The van der Waals surface area contributed by atoms with Gasteiger partial charge in [-0.1, -0.05) is 25.1 Å². The Bertz CT molecular complexity index is 776. The van der Waals surface area contributed by atoms with Crippen molar-refractivity contribution in [3.05, 3.63) is 41.1 Å². The second kappa shape index (κ2) is 5.76. The second-order valence-corrected chi connectivity index (χ2v) is 5.95. The molecule has 4 nitrogen and oxygen atoms in total. The molecule has 0 bridgehead atoms. The van der Waals surface area contributed by atoms with Crippen molar-refractivity contribution < 1.29 is 9.53 Å². The quantitative estimate of drug-likeness (QED) is 0.796. The molecule has 22 heavy (non-hydrogen) atoms. The van der Waals surface area contributed by atoms with Gasteiger partial charge in [-0.2, -0.15) is 5.26 Å². The average Bonchev–Trinajstić information content (AvgIpc) is 2.52. The molecule has 0 aliphatic heterocycles. The van der Waals surface area contributed by atoms with E-state index >= 15 is 0 Å². The lowest BCUT2D eigenvalue weighted by Gasteiger charge is -2.24. The van der Waals surface area contributed by atoms with E-state index < -0.39 is 12.1 Å². The summed E-state index contributed by atoms with van der Waals surface area (Å²) in [6, 6.07) is 9.57. The number of rotatable bonds is 2. The van der Waals surface area contributed by atoms with Crippen LogP contribution in [-0.4, -0.2) is 17.1 Å². The number of ether oxygens (including phenoxy) is 1. The Morgan fingerprint density at radius 2 is 2.23 bits per heavy atom. The van der Waals surface area contributed by atoms with Crippen LogP contribution in [0, 0.1) is 17.2 Å². The predicted octanol–water partition coefficient (Wildman–Crippen LogP) is 3.43. The van der Waals surface area contributed by atoms with Gasteiger partial charge in [0, 0.05) is 11.1 Å². The van der Waals surface area contributed by atoms with Crippen molar-refractivity contribution in [2.45, 2.75) is 39.2 Å². The van der Waals surface area contributed by atoms with E-state index in [0.29, 0.717) is 11.5 Å². The standard InChI is InChI=1S/C18H18N2O2/c1-11-7-8-16-14(9-11)17(18(21)22-12(2)10-19)13-5-3-4-6-15(13)20-16/h3-6,11-12H,7-9H2,1-2H3/t11-,12+/m1/s1. The van der Waals surface area contributed by atoms with Gasteiger partial charge in [0.05, 0.1) is 11.1 Å². The molecule has 1 aliphatic rings. The van der Waals surface area contributed by atoms with Gasteiger partial charge in [-0.05, 0) is 43.7 Å². The molecule has 1 aromatic heterocycles. The molecule has 0 N–H and O–H groups in total. The lowest BCUT2D eigenvalue weighted by molar-refractivity contribution is 0.0436. The van der Waals surface area contributed by atoms with E-state index in [1.54, 1.807) is 6.92 Å². The van der Waals surface area contributed by atoms with Crippen molar-refractivity contribution in [3.8, 4) is 6.07 Å². The van der Waals surface area contributed by atoms with E-state index in [1.165, 1.54) is 0 Å². The Morgan fingerprint density at radius 3 is 3.00 bits per heavy atom. The van der Waals surface area contributed by atoms with Crippen molar-refractivity contribution >= 4 is 16.9 Å². The van der Waals surface area contributed by atoms with Crippen molar-refractivity contribution in [1.82, 2.24) is 4.98 Å². The minimum atomic E-state index is -0.754. The third-order valence-electron chi connectivity index (χ3n) is 4.18. The van der Waals surface area contributed by atoms with Gasteiger partial charge in [0.1, 0.15) is 6.07 Å². The van der Waals surface area contributed by atoms with Gasteiger partial charge < -0.3 is 4.74 Å². The molecule has 1 aromatic carbocycles. The normalized spacial score (nSPS) is 18.3. The SMILES string of the molecule is C[C@@H]1CCc2nc3ccccc3c(C(=O)O[C@@H](C)C#N)c2C1. The molecule has 0 saturated heterocycles. The maximum Gasteiger partial charge on any atom is 0.340 e. The summed E-state index contributed by atoms with van der Waals surface area (Å²) in [5, 5.41) is 9.70. The largest absolute Gasteiger partial charge is 0.444 e. The maximum atomic E-state index is 12.6. The van der Waals surface area contributed by atoms with Gasteiger partial charge in [-0.25, -0.2) is 4.79 Å². The van der Waals surface area contributed by atoms with Gasteiger partial charge in [-0.15, -0.1) is 0 Å². The van der Waals surface area contributed by atoms with Crippen LogP contribution in [0.2, 0.25) is 0 Å². The Labute approximate surface area is 129 Å². The average molecular weight is 294 g/mol. The summed E-state index contributed by atoms with van der Waals surface area (Å²) in [5.74, 6) is 0.105. The molecule has 0 fully saturated rings. The fourth-order valence-corrected chi connectivity index (χ4v) is 3.04. The third-order valence-corrected chi connectivity index (χ3v) is 4.18. The molecule has 0 amide bonds. The lowest BCUT2D eigenvalue weighted by atomic mass is 9.84. The number of carbonyl (C=O) groups is 1. The van der Waals surface area contributed by atoms with Crippen LogP contribution < -0.4 is 0 Å². The first-order valence-corrected chi connectivity index (χ1v) is 7.61. The van der Waals surface area contributed by atoms with Crippen molar-refractivity contribution in [3.63, 3.8) is 0 Å².